The maximum Gasteiger partial charge on any atom is 0.273 e. The fourth-order valence-corrected chi connectivity index (χ4v) is 3.25. The van der Waals surface area contributed by atoms with E-state index < -0.39 is 4.92 Å². The van der Waals surface area contributed by atoms with Crippen LogP contribution in [0.4, 0.5) is 11.4 Å². The van der Waals surface area contributed by atoms with Crippen LogP contribution in [0.5, 0.6) is 17.2 Å². The predicted octanol–water partition coefficient (Wildman–Crippen LogP) is 3.22. The van der Waals surface area contributed by atoms with Crippen LogP contribution in [-0.4, -0.2) is 49.6 Å². The van der Waals surface area contributed by atoms with Gasteiger partial charge in [-0.2, -0.15) is 0 Å². The Labute approximate surface area is 174 Å². The van der Waals surface area contributed by atoms with Crippen LogP contribution in [0.2, 0.25) is 0 Å². The highest BCUT2D eigenvalue weighted by molar-refractivity contribution is 5.94. The highest BCUT2D eigenvalue weighted by Gasteiger charge is 2.31. The third kappa shape index (κ3) is 5.18. The molecule has 0 unspecified atom stereocenters. The third-order valence-corrected chi connectivity index (χ3v) is 4.94. The van der Waals surface area contributed by atoms with Gasteiger partial charge in [0.15, 0.2) is 0 Å². The van der Waals surface area contributed by atoms with E-state index in [0.717, 1.165) is 29.9 Å². The van der Waals surface area contributed by atoms with Crippen LogP contribution in [0.25, 0.3) is 0 Å². The van der Waals surface area contributed by atoms with E-state index >= 15 is 0 Å². The van der Waals surface area contributed by atoms with Gasteiger partial charge < -0.3 is 19.5 Å². The summed E-state index contributed by atoms with van der Waals surface area (Å²) in [6.45, 7) is 0.709. The van der Waals surface area contributed by atoms with Crippen molar-refractivity contribution in [2.75, 3.05) is 33.2 Å². The average molecular weight is 415 g/mol. The van der Waals surface area contributed by atoms with E-state index in [4.69, 9.17) is 14.2 Å². The Bertz CT molecular complexity index is 929. The summed E-state index contributed by atoms with van der Waals surface area (Å²) in [4.78, 5) is 25.2. The van der Waals surface area contributed by atoms with Crippen molar-refractivity contribution in [1.29, 1.82) is 0 Å². The number of ether oxygens (including phenoxy) is 3. The minimum absolute atomic E-state index is 0.102. The summed E-state index contributed by atoms with van der Waals surface area (Å²) in [7, 11) is 4.62. The molecular weight excluding hydrogens is 390 g/mol. The Morgan fingerprint density at radius 1 is 1.10 bits per heavy atom. The monoisotopic (exact) mass is 415 g/mol. The molecule has 3 rings (SSSR count). The highest BCUT2D eigenvalue weighted by atomic mass is 16.6. The molecule has 1 aliphatic rings. The zero-order valence-electron chi connectivity index (χ0n) is 17.2. The number of anilines is 1. The van der Waals surface area contributed by atoms with Crippen molar-refractivity contribution in [2.24, 2.45) is 0 Å². The lowest BCUT2D eigenvalue weighted by molar-refractivity contribution is -0.384. The van der Waals surface area contributed by atoms with E-state index in [1.54, 1.807) is 14.2 Å². The summed E-state index contributed by atoms with van der Waals surface area (Å²) in [5.41, 5.74) is 1.22. The van der Waals surface area contributed by atoms with Crippen molar-refractivity contribution < 1.29 is 23.9 Å². The fraction of sp³-hybridized carbons (Fsp3) is 0.381. The Hall–Kier alpha value is -3.33. The molecule has 1 N–H and O–H groups in total. The summed E-state index contributed by atoms with van der Waals surface area (Å²) in [5.74, 6) is 1.47. The highest BCUT2D eigenvalue weighted by Crippen LogP contribution is 2.32. The number of methoxy groups -OCH3 is 3. The maximum absolute atomic E-state index is 12.7. The quantitative estimate of drug-likeness (QED) is 0.469. The number of hydrogen-bond acceptors (Lipinski definition) is 7. The van der Waals surface area contributed by atoms with Gasteiger partial charge in [-0.05, 0) is 37.1 Å². The lowest BCUT2D eigenvalue weighted by atomic mass is 10.1. The van der Waals surface area contributed by atoms with Gasteiger partial charge in [0, 0.05) is 24.2 Å². The van der Waals surface area contributed by atoms with Gasteiger partial charge in [-0.3, -0.25) is 19.8 Å². The molecule has 1 fully saturated rings. The van der Waals surface area contributed by atoms with Crippen LogP contribution in [-0.2, 0) is 11.3 Å². The van der Waals surface area contributed by atoms with Crippen LogP contribution >= 0.6 is 0 Å². The van der Waals surface area contributed by atoms with Gasteiger partial charge in [0.05, 0.1) is 44.6 Å². The molecule has 160 valence electrons. The maximum atomic E-state index is 12.7. The Kier molecular flexibility index (Phi) is 6.73. The van der Waals surface area contributed by atoms with Crippen molar-refractivity contribution in [3.8, 4) is 17.2 Å². The van der Waals surface area contributed by atoms with E-state index in [9.17, 15) is 14.9 Å². The Balaban J connectivity index is 1.72. The fourth-order valence-electron chi connectivity index (χ4n) is 3.25. The molecule has 0 aliphatic heterocycles. The molecule has 1 aliphatic carbocycles. The second-order valence-corrected chi connectivity index (χ2v) is 7.00. The average Bonchev–Trinajstić information content (AvgIpc) is 3.58. The minimum atomic E-state index is -0.509. The molecule has 9 heteroatoms. The lowest BCUT2D eigenvalue weighted by Crippen LogP contribution is -2.34. The van der Waals surface area contributed by atoms with E-state index in [0.29, 0.717) is 18.3 Å². The normalized spacial score (nSPS) is 13.1. The minimum Gasteiger partial charge on any atom is -0.497 e. The van der Waals surface area contributed by atoms with Gasteiger partial charge in [-0.1, -0.05) is 0 Å². The summed E-state index contributed by atoms with van der Waals surface area (Å²) in [5, 5.41) is 13.7. The largest absolute Gasteiger partial charge is 0.497 e. The summed E-state index contributed by atoms with van der Waals surface area (Å²) < 4.78 is 16.0. The van der Waals surface area contributed by atoms with Crippen molar-refractivity contribution in [3.05, 3.63) is 52.1 Å². The molecule has 30 heavy (non-hydrogen) atoms. The van der Waals surface area contributed by atoms with Crippen molar-refractivity contribution in [3.63, 3.8) is 0 Å². The summed E-state index contributed by atoms with van der Waals surface area (Å²) in [6.07, 6.45) is 2.06. The number of non-ortho nitro benzene ring substituents is 1. The smallest absolute Gasteiger partial charge is 0.273 e. The van der Waals surface area contributed by atoms with Crippen molar-refractivity contribution in [2.45, 2.75) is 25.4 Å². The summed E-state index contributed by atoms with van der Waals surface area (Å²) >= 11 is 0. The Morgan fingerprint density at radius 3 is 2.43 bits per heavy atom. The van der Waals surface area contributed by atoms with Crippen LogP contribution in [0.3, 0.4) is 0 Å². The third-order valence-electron chi connectivity index (χ3n) is 4.94. The number of carbonyl (C=O) groups is 1. The van der Waals surface area contributed by atoms with E-state index in [1.165, 1.54) is 25.3 Å². The van der Waals surface area contributed by atoms with Gasteiger partial charge in [-0.25, -0.2) is 0 Å². The van der Waals surface area contributed by atoms with Gasteiger partial charge in [0.25, 0.3) is 5.69 Å². The van der Waals surface area contributed by atoms with Gasteiger partial charge in [0.1, 0.15) is 17.2 Å². The molecule has 0 saturated heterocycles. The van der Waals surface area contributed by atoms with E-state index in [1.807, 2.05) is 18.2 Å². The number of nitrogens with zero attached hydrogens (tertiary/aromatic N) is 2. The molecular formula is C21H25N3O6. The number of nitro groups is 1. The summed E-state index contributed by atoms with van der Waals surface area (Å²) in [6, 6.07) is 10.0. The van der Waals surface area contributed by atoms with Gasteiger partial charge in [-0.15, -0.1) is 0 Å². The molecule has 2 aromatic rings. The number of rotatable bonds is 10. The van der Waals surface area contributed by atoms with Crippen LogP contribution in [0, 0.1) is 10.1 Å². The van der Waals surface area contributed by atoms with Crippen LogP contribution < -0.4 is 19.5 Å². The zero-order chi connectivity index (χ0) is 21.7. The van der Waals surface area contributed by atoms with E-state index in [2.05, 4.69) is 10.2 Å². The zero-order valence-corrected chi connectivity index (χ0v) is 17.2. The first-order valence-corrected chi connectivity index (χ1v) is 9.52. The number of nitro benzene ring substituents is 1. The van der Waals surface area contributed by atoms with Gasteiger partial charge >= 0.3 is 0 Å². The Morgan fingerprint density at radius 2 is 1.83 bits per heavy atom. The SMILES string of the molecule is COc1ccc(OC)c(CN(CC(=O)Nc2ccc([N+](=O)[O-])cc2OC)C2CC2)c1. The second-order valence-electron chi connectivity index (χ2n) is 7.00. The van der Waals surface area contributed by atoms with Crippen LogP contribution in [0.1, 0.15) is 18.4 Å². The first-order valence-electron chi connectivity index (χ1n) is 9.52. The topological polar surface area (TPSA) is 103 Å². The van der Waals surface area contributed by atoms with Gasteiger partial charge in [0.2, 0.25) is 5.91 Å². The molecule has 1 amide bonds. The molecule has 0 heterocycles. The predicted molar refractivity (Wildman–Crippen MR) is 111 cm³/mol. The number of benzene rings is 2. The molecule has 0 aromatic heterocycles. The first kappa shape index (κ1) is 21.4. The van der Waals surface area contributed by atoms with E-state index in [-0.39, 0.29) is 23.9 Å². The molecule has 0 atom stereocenters. The van der Waals surface area contributed by atoms with Crippen LogP contribution in [0.15, 0.2) is 36.4 Å². The molecule has 0 bridgehead atoms. The molecule has 0 spiro atoms. The first-order chi connectivity index (χ1) is 14.4. The van der Waals surface area contributed by atoms with Crippen molar-refractivity contribution >= 4 is 17.3 Å². The molecule has 2 aromatic carbocycles. The molecule has 0 radical (unpaired) electrons. The van der Waals surface area contributed by atoms with Crippen molar-refractivity contribution in [1.82, 2.24) is 4.90 Å². The molecule has 1 saturated carbocycles. The standard InChI is InChI=1S/C21H25N3O6/c1-28-17-7-9-19(29-2)14(10-17)12-23(15-4-5-15)13-21(25)22-18-8-6-16(24(26)27)11-20(18)30-3/h6-11,15H,4-5,12-13H2,1-3H3,(H,22,25). The number of nitrogens with one attached hydrogen (secondary N) is 1. The number of hydrogen-bond donors (Lipinski definition) is 1. The second kappa shape index (κ2) is 9.45. The number of carbonyl (C=O) groups excluding carboxylic acids is 1. The lowest BCUT2D eigenvalue weighted by Gasteiger charge is -2.23. The molecule has 9 nitrogen and oxygen atoms in total. The number of amides is 1.